The Balaban J connectivity index is 0.00000124. The van der Waals surface area contributed by atoms with Gasteiger partial charge >= 0.3 is 5.91 Å². The van der Waals surface area contributed by atoms with Gasteiger partial charge in [0, 0.05) is 18.1 Å². The smallest absolute Gasteiger partial charge is 0.302 e. The molecule has 0 bridgehead atoms. The van der Waals surface area contributed by atoms with E-state index in [-0.39, 0.29) is 12.3 Å². The minimum atomic E-state index is -3.11. The van der Waals surface area contributed by atoms with Crippen molar-refractivity contribution in [2.24, 2.45) is 5.92 Å². The van der Waals surface area contributed by atoms with Crippen molar-refractivity contribution in [3.63, 3.8) is 0 Å². The van der Waals surface area contributed by atoms with Gasteiger partial charge in [0.1, 0.15) is 10.6 Å². The average Bonchev–Trinajstić information content (AvgIpc) is 3.34. The standard InChI is InChI=1S/C23H26N4O7S.C4H10/c1-2-3-12-27(35-19-10-6-7-11-24-19)23(32,33)20(29)22(31)26-18(28)14-25-21(30)17-13-15-8-4-5-9-16(15)34-17;1-4(2)3/h4-11,13,22,31-33H,2-3,12,14H2,1H3,(H,25,30)(H,26,28);4H,1-3H3. The number of pyridine rings is 1. The van der Waals surface area contributed by atoms with Crippen molar-refractivity contribution < 1.29 is 34.1 Å². The zero-order chi connectivity index (χ0) is 29.0. The van der Waals surface area contributed by atoms with E-state index >= 15 is 0 Å². The van der Waals surface area contributed by atoms with Crippen LogP contribution in [0.15, 0.2) is 64.2 Å². The number of carbonyl (C=O) groups is 3. The predicted molar refractivity (Wildman–Crippen MR) is 147 cm³/mol. The second kappa shape index (κ2) is 15.3. The Morgan fingerprint density at radius 1 is 1.10 bits per heavy atom. The lowest BCUT2D eigenvalue weighted by molar-refractivity contribution is -0.230. The topological polar surface area (TPSA) is 165 Å². The van der Waals surface area contributed by atoms with Crippen LogP contribution in [-0.2, 0) is 9.59 Å². The van der Waals surface area contributed by atoms with Crippen LogP contribution in [0.1, 0.15) is 51.1 Å². The number of fused-ring (bicyclic) bond motifs is 1. The van der Waals surface area contributed by atoms with Gasteiger partial charge in [0.25, 0.3) is 11.7 Å². The molecule has 0 aliphatic carbocycles. The largest absolute Gasteiger partial charge is 0.451 e. The van der Waals surface area contributed by atoms with Crippen LogP contribution in [-0.4, -0.2) is 67.4 Å². The second-order valence-corrected chi connectivity index (χ2v) is 10.3. The van der Waals surface area contributed by atoms with Gasteiger partial charge in [0.2, 0.25) is 5.91 Å². The molecule has 3 aromatic rings. The van der Waals surface area contributed by atoms with E-state index in [1.165, 1.54) is 12.3 Å². The molecule has 1 aromatic carbocycles. The monoisotopic (exact) mass is 560 g/mol. The van der Waals surface area contributed by atoms with E-state index in [1.807, 2.05) is 12.2 Å². The van der Waals surface area contributed by atoms with E-state index in [1.54, 1.807) is 42.5 Å². The SMILES string of the molecule is CC(C)C.CCCCN(Sc1ccccn1)C(O)(O)C(=O)C(O)NC(=O)CNC(=O)c1cc2ccccc2o1. The van der Waals surface area contributed by atoms with E-state index in [0.29, 0.717) is 28.8 Å². The fraction of sp³-hybridized carbons (Fsp3) is 0.407. The number of nitrogens with one attached hydrogen (secondary N) is 2. The van der Waals surface area contributed by atoms with Crippen LogP contribution in [0.2, 0.25) is 0 Å². The molecule has 2 heterocycles. The van der Waals surface area contributed by atoms with Crippen molar-refractivity contribution in [1.29, 1.82) is 0 Å². The molecule has 12 heteroatoms. The number of Topliss-reactive ketones (excluding diaryl/α,β-unsaturated/α-hetero) is 1. The molecular formula is C27H36N4O7S. The second-order valence-electron chi connectivity index (χ2n) is 9.25. The Bertz CT molecular complexity index is 1180. The van der Waals surface area contributed by atoms with E-state index in [2.05, 4.69) is 31.1 Å². The van der Waals surface area contributed by atoms with Crippen molar-refractivity contribution in [2.75, 3.05) is 13.1 Å². The maximum absolute atomic E-state index is 12.6. The Morgan fingerprint density at radius 3 is 2.38 bits per heavy atom. The summed E-state index contributed by atoms with van der Waals surface area (Å²) in [7, 11) is 0. The molecule has 2 amide bonds. The lowest BCUT2D eigenvalue weighted by Crippen LogP contribution is -2.59. The maximum atomic E-state index is 12.6. The minimum absolute atomic E-state index is 0.0153. The van der Waals surface area contributed by atoms with Crippen molar-refractivity contribution in [3.05, 3.63) is 60.5 Å². The van der Waals surface area contributed by atoms with Gasteiger partial charge in [-0.25, -0.2) is 4.98 Å². The number of aliphatic hydroxyl groups is 3. The molecule has 0 radical (unpaired) electrons. The highest BCUT2D eigenvalue weighted by molar-refractivity contribution is 7.97. The first kappa shape index (κ1) is 31.9. The third-order valence-corrected chi connectivity index (χ3v) is 5.93. The molecule has 2 aromatic heterocycles. The number of aliphatic hydroxyl groups excluding tert-OH is 1. The summed E-state index contributed by atoms with van der Waals surface area (Å²) in [6, 6.07) is 13.5. The molecule has 0 fully saturated rings. The first-order valence-electron chi connectivity index (χ1n) is 12.6. The molecule has 1 unspecified atom stereocenters. The number of amides is 2. The van der Waals surface area contributed by atoms with E-state index in [0.717, 1.165) is 22.2 Å². The Hall–Kier alpha value is -3.29. The Morgan fingerprint density at radius 2 is 1.77 bits per heavy atom. The number of furan rings is 1. The van der Waals surface area contributed by atoms with Gasteiger partial charge in [-0.2, -0.15) is 4.31 Å². The highest BCUT2D eigenvalue weighted by Crippen LogP contribution is 2.28. The van der Waals surface area contributed by atoms with Gasteiger partial charge in [-0.15, -0.1) is 0 Å². The number of carbonyl (C=O) groups excluding carboxylic acids is 3. The fourth-order valence-corrected chi connectivity index (χ4v) is 3.91. The summed E-state index contributed by atoms with van der Waals surface area (Å²) in [5.41, 5.74) is 0.501. The highest BCUT2D eigenvalue weighted by atomic mass is 32.2. The summed E-state index contributed by atoms with van der Waals surface area (Å²) < 4.78 is 6.38. The minimum Gasteiger partial charge on any atom is -0.451 e. The molecule has 1 atom stereocenters. The normalized spacial score (nSPS) is 12.1. The van der Waals surface area contributed by atoms with Crippen LogP contribution in [0.25, 0.3) is 11.0 Å². The van der Waals surface area contributed by atoms with Gasteiger partial charge in [-0.1, -0.05) is 58.4 Å². The van der Waals surface area contributed by atoms with Crippen molar-refractivity contribution in [2.45, 2.75) is 57.7 Å². The first-order chi connectivity index (χ1) is 18.4. The zero-order valence-electron chi connectivity index (χ0n) is 22.5. The first-order valence-corrected chi connectivity index (χ1v) is 13.3. The fourth-order valence-electron chi connectivity index (χ4n) is 3.00. The molecule has 0 aliphatic rings. The van der Waals surface area contributed by atoms with Crippen LogP contribution >= 0.6 is 11.9 Å². The van der Waals surface area contributed by atoms with E-state index in [4.69, 9.17) is 4.42 Å². The van der Waals surface area contributed by atoms with E-state index < -0.39 is 36.3 Å². The number of aromatic nitrogens is 1. The van der Waals surface area contributed by atoms with Crippen LogP contribution < -0.4 is 10.6 Å². The van der Waals surface area contributed by atoms with Crippen LogP contribution in [0.4, 0.5) is 0 Å². The Labute approximate surface area is 231 Å². The van der Waals surface area contributed by atoms with E-state index in [9.17, 15) is 29.7 Å². The highest BCUT2D eigenvalue weighted by Gasteiger charge is 2.45. The van der Waals surface area contributed by atoms with Crippen molar-refractivity contribution in [1.82, 2.24) is 19.9 Å². The molecule has 212 valence electrons. The van der Waals surface area contributed by atoms with Crippen molar-refractivity contribution in [3.8, 4) is 0 Å². The van der Waals surface area contributed by atoms with Crippen LogP contribution in [0.5, 0.6) is 0 Å². The molecule has 3 rings (SSSR count). The van der Waals surface area contributed by atoms with Crippen LogP contribution in [0.3, 0.4) is 0 Å². The summed E-state index contributed by atoms with van der Waals surface area (Å²) in [5.74, 6) is -5.36. The van der Waals surface area contributed by atoms with Crippen molar-refractivity contribution >= 4 is 40.5 Å². The molecule has 0 saturated carbocycles. The van der Waals surface area contributed by atoms with Gasteiger partial charge in [0.15, 0.2) is 12.0 Å². The number of unbranched alkanes of at least 4 members (excludes halogenated alkanes) is 1. The summed E-state index contributed by atoms with van der Waals surface area (Å²) in [5, 5.41) is 36.6. The molecule has 5 N–H and O–H groups in total. The van der Waals surface area contributed by atoms with Gasteiger partial charge in [-0.3, -0.25) is 14.4 Å². The molecule has 0 saturated heterocycles. The van der Waals surface area contributed by atoms with Gasteiger partial charge in [-0.05, 0) is 48.6 Å². The molecule has 0 spiro atoms. The molecule has 11 nitrogen and oxygen atoms in total. The zero-order valence-corrected chi connectivity index (χ0v) is 23.3. The van der Waals surface area contributed by atoms with Gasteiger partial charge in [0.05, 0.1) is 6.54 Å². The number of hydrogen-bond donors (Lipinski definition) is 5. The number of hydrogen-bond acceptors (Lipinski definition) is 10. The summed E-state index contributed by atoms with van der Waals surface area (Å²) in [6.07, 6.45) is 0.488. The predicted octanol–water partition coefficient (Wildman–Crippen LogP) is 2.67. The summed E-state index contributed by atoms with van der Waals surface area (Å²) in [4.78, 5) is 41.1. The van der Waals surface area contributed by atoms with Gasteiger partial charge < -0.3 is 30.4 Å². The lowest BCUT2D eigenvalue weighted by Gasteiger charge is -2.33. The molecular weight excluding hydrogens is 524 g/mol. The summed E-state index contributed by atoms with van der Waals surface area (Å²) >= 11 is 0.824. The summed E-state index contributed by atoms with van der Waals surface area (Å²) in [6.45, 7) is 7.88. The third-order valence-electron chi connectivity index (χ3n) is 4.84. The quantitative estimate of drug-likeness (QED) is 0.164. The lowest BCUT2D eigenvalue weighted by atomic mass is 10.2. The maximum Gasteiger partial charge on any atom is 0.302 e. The number of nitrogens with zero attached hydrogens (tertiary/aromatic N) is 2. The third kappa shape index (κ3) is 10.1. The molecule has 0 aliphatic heterocycles. The Kier molecular flexibility index (Phi) is 12.6. The number of ketones is 1. The van der Waals surface area contributed by atoms with Crippen LogP contribution in [0, 0.1) is 5.92 Å². The number of para-hydroxylation sites is 1. The molecule has 39 heavy (non-hydrogen) atoms. The number of benzene rings is 1. The average molecular weight is 561 g/mol. The number of rotatable bonds is 12.